The van der Waals surface area contributed by atoms with E-state index in [9.17, 15) is 31.2 Å². The van der Waals surface area contributed by atoms with Gasteiger partial charge >= 0.3 is 6.18 Å². The number of rotatable bonds is 3. The second kappa shape index (κ2) is 7.61. The molecule has 3 saturated heterocycles. The molecule has 0 saturated carbocycles. The van der Waals surface area contributed by atoms with E-state index in [1.54, 1.807) is 18.2 Å². The summed E-state index contributed by atoms with van der Waals surface area (Å²) in [6.45, 7) is 2.65. The van der Waals surface area contributed by atoms with Crippen LogP contribution in [0.2, 0.25) is 0 Å². The SMILES string of the molecule is C[C@]12CN(S(=O)(=O)c3ccccc3)C[C@](C)(O1)[C@@H]1C(=O)N(c3ccc(C#N)c(C(F)(F)F)c3)C(=O)[C@@H]12. The van der Waals surface area contributed by atoms with Gasteiger partial charge in [0.05, 0.1) is 50.8 Å². The van der Waals surface area contributed by atoms with Crippen molar-refractivity contribution in [3.8, 4) is 6.07 Å². The highest BCUT2D eigenvalue weighted by molar-refractivity contribution is 7.89. The maximum absolute atomic E-state index is 13.5. The van der Waals surface area contributed by atoms with Gasteiger partial charge in [0.1, 0.15) is 0 Å². The fraction of sp³-hybridized carbons (Fsp3) is 0.375. The van der Waals surface area contributed by atoms with E-state index in [0.29, 0.717) is 11.0 Å². The average molecular weight is 520 g/mol. The molecule has 2 aromatic rings. The third kappa shape index (κ3) is 3.37. The molecular weight excluding hydrogens is 499 g/mol. The molecule has 0 unspecified atom stereocenters. The summed E-state index contributed by atoms with van der Waals surface area (Å²) in [4.78, 5) is 27.8. The number of sulfonamides is 1. The first kappa shape index (κ1) is 24.4. The Morgan fingerprint density at radius 1 is 1.00 bits per heavy atom. The number of morpholine rings is 1. The van der Waals surface area contributed by atoms with Crippen molar-refractivity contribution in [2.45, 2.75) is 36.1 Å². The van der Waals surface area contributed by atoms with E-state index in [1.807, 2.05) is 0 Å². The summed E-state index contributed by atoms with van der Waals surface area (Å²) < 4.78 is 74.5. The first-order valence-electron chi connectivity index (χ1n) is 11.0. The molecule has 0 radical (unpaired) electrons. The van der Waals surface area contributed by atoms with Gasteiger partial charge in [0, 0.05) is 13.1 Å². The first-order chi connectivity index (χ1) is 16.7. The Morgan fingerprint density at radius 2 is 1.56 bits per heavy atom. The number of hydrogen-bond donors (Lipinski definition) is 0. The molecule has 3 aliphatic rings. The molecule has 36 heavy (non-hydrogen) atoms. The maximum Gasteiger partial charge on any atom is 0.417 e. The molecule has 12 heteroatoms. The number of carbonyl (C=O) groups is 2. The van der Waals surface area contributed by atoms with E-state index in [4.69, 9.17) is 10.00 Å². The zero-order valence-electron chi connectivity index (χ0n) is 19.1. The minimum Gasteiger partial charge on any atom is -0.365 e. The van der Waals surface area contributed by atoms with Crippen molar-refractivity contribution in [3.63, 3.8) is 0 Å². The number of anilines is 1. The van der Waals surface area contributed by atoms with Gasteiger partial charge in [-0.2, -0.15) is 22.7 Å². The van der Waals surface area contributed by atoms with E-state index >= 15 is 0 Å². The number of amides is 2. The summed E-state index contributed by atoms with van der Waals surface area (Å²) in [7, 11) is -3.96. The van der Waals surface area contributed by atoms with Gasteiger partial charge in [-0.1, -0.05) is 18.2 Å². The van der Waals surface area contributed by atoms with Crippen LogP contribution in [0.3, 0.4) is 0 Å². The Kier molecular flexibility index (Phi) is 5.17. The molecule has 188 valence electrons. The van der Waals surface area contributed by atoms with Crippen LogP contribution in [-0.2, 0) is 30.5 Å². The number of nitriles is 1. The van der Waals surface area contributed by atoms with Gasteiger partial charge in [-0.25, -0.2) is 13.3 Å². The zero-order chi connectivity index (χ0) is 26.3. The average Bonchev–Trinajstić information content (AvgIpc) is 3.18. The third-order valence-electron chi connectivity index (χ3n) is 7.14. The number of ether oxygens (including phenoxy) is 1. The summed E-state index contributed by atoms with van der Waals surface area (Å²) in [6, 6.07) is 11.8. The number of halogens is 3. The van der Waals surface area contributed by atoms with Gasteiger partial charge in [0.2, 0.25) is 21.8 Å². The van der Waals surface area contributed by atoms with Gasteiger partial charge in [-0.05, 0) is 44.2 Å². The second-order valence-electron chi connectivity index (χ2n) is 9.62. The minimum absolute atomic E-state index is 0.0557. The minimum atomic E-state index is -4.87. The molecule has 3 heterocycles. The molecule has 0 aliphatic carbocycles. The summed E-state index contributed by atoms with van der Waals surface area (Å²) in [5.41, 5.74) is -4.97. The Balaban J connectivity index is 1.54. The van der Waals surface area contributed by atoms with Crippen LogP contribution >= 0.6 is 0 Å². The highest BCUT2D eigenvalue weighted by Gasteiger charge is 2.72. The Morgan fingerprint density at radius 3 is 2.06 bits per heavy atom. The van der Waals surface area contributed by atoms with Crippen LogP contribution in [0.4, 0.5) is 18.9 Å². The fourth-order valence-electron chi connectivity index (χ4n) is 5.75. The van der Waals surface area contributed by atoms with Crippen LogP contribution in [0.25, 0.3) is 0 Å². The molecule has 0 aromatic heterocycles. The summed E-state index contributed by atoms with van der Waals surface area (Å²) in [5.74, 6) is -3.74. The van der Waals surface area contributed by atoms with Gasteiger partial charge in [0.15, 0.2) is 0 Å². The zero-order valence-corrected chi connectivity index (χ0v) is 19.9. The van der Waals surface area contributed by atoms with Crippen molar-refractivity contribution in [1.29, 1.82) is 5.26 Å². The summed E-state index contributed by atoms with van der Waals surface area (Å²) >= 11 is 0. The van der Waals surface area contributed by atoms with E-state index in [0.717, 1.165) is 12.1 Å². The van der Waals surface area contributed by atoms with Crippen molar-refractivity contribution in [3.05, 3.63) is 59.7 Å². The van der Waals surface area contributed by atoms with Crippen molar-refractivity contribution in [1.82, 2.24) is 4.31 Å². The van der Waals surface area contributed by atoms with Crippen molar-refractivity contribution in [2.24, 2.45) is 11.8 Å². The van der Waals surface area contributed by atoms with Crippen LogP contribution in [-0.4, -0.2) is 48.8 Å². The van der Waals surface area contributed by atoms with Crippen LogP contribution in [0.1, 0.15) is 25.0 Å². The largest absolute Gasteiger partial charge is 0.417 e. The van der Waals surface area contributed by atoms with Crippen molar-refractivity contribution < 1.29 is 35.9 Å². The molecule has 3 fully saturated rings. The van der Waals surface area contributed by atoms with E-state index in [-0.39, 0.29) is 23.7 Å². The Bertz CT molecular complexity index is 1400. The highest BCUT2D eigenvalue weighted by Crippen LogP contribution is 2.56. The number of hydrogen-bond acceptors (Lipinski definition) is 6. The van der Waals surface area contributed by atoms with E-state index in [1.165, 1.54) is 36.4 Å². The molecule has 2 aromatic carbocycles. The lowest BCUT2D eigenvalue weighted by molar-refractivity contribution is -0.157. The maximum atomic E-state index is 13.5. The lowest BCUT2D eigenvalue weighted by Crippen LogP contribution is -2.59. The number of fused-ring (bicyclic) bond motifs is 5. The molecule has 0 N–H and O–H groups in total. The number of alkyl halides is 3. The predicted octanol–water partition coefficient (Wildman–Crippen LogP) is 2.93. The molecule has 2 amide bonds. The van der Waals surface area contributed by atoms with Crippen LogP contribution in [0.15, 0.2) is 53.4 Å². The van der Waals surface area contributed by atoms with E-state index in [2.05, 4.69) is 0 Å². The molecule has 8 nitrogen and oxygen atoms in total. The van der Waals surface area contributed by atoms with Gasteiger partial charge < -0.3 is 4.74 Å². The quantitative estimate of drug-likeness (QED) is 0.577. The second-order valence-corrected chi connectivity index (χ2v) is 11.6. The Hall–Kier alpha value is -3.27. The van der Waals surface area contributed by atoms with Crippen molar-refractivity contribution in [2.75, 3.05) is 18.0 Å². The monoisotopic (exact) mass is 519 g/mol. The number of benzene rings is 2. The third-order valence-corrected chi connectivity index (χ3v) is 8.94. The molecule has 3 aliphatic heterocycles. The normalized spacial score (nSPS) is 30.4. The van der Waals surface area contributed by atoms with Crippen LogP contribution in [0, 0.1) is 23.2 Å². The lowest BCUT2D eigenvalue weighted by Gasteiger charge is -2.44. The topological polar surface area (TPSA) is 108 Å². The number of carbonyl (C=O) groups excluding carboxylic acids is 2. The molecular formula is C24H20F3N3O5S. The predicted molar refractivity (Wildman–Crippen MR) is 119 cm³/mol. The Labute approximate surface area is 204 Å². The van der Waals surface area contributed by atoms with Crippen LogP contribution < -0.4 is 4.90 Å². The number of imide groups is 1. The van der Waals surface area contributed by atoms with Crippen LogP contribution in [0.5, 0.6) is 0 Å². The van der Waals surface area contributed by atoms with Gasteiger partial charge in [0.25, 0.3) is 0 Å². The molecule has 0 spiro atoms. The smallest absolute Gasteiger partial charge is 0.365 e. The van der Waals surface area contributed by atoms with Gasteiger partial charge in [-0.15, -0.1) is 0 Å². The summed E-state index contributed by atoms with van der Waals surface area (Å²) in [6.07, 6.45) is -4.87. The first-order valence-corrected chi connectivity index (χ1v) is 12.4. The fourth-order valence-corrected chi connectivity index (χ4v) is 7.40. The molecule has 5 rings (SSSR count). The van der Waals surface area contributed by atoms with Crippen molar-refractivity contribution >= 4 is 27.5 Å². The van der Waals surface area contributed by atoms with Gasteiger partial charge in [-0.3, -0.25) is 9.59 Å². The number of nitrogens with zero attached hydrogens (tertiary/aromatic N) is 3. The highest BCUT2D eigenvalue weighted by atomic mass is 32.2. The molecule has 4 atom stereocenters. The molecule has 2 bridgehead atoms. The lowest BCUT2D eigenvalue weighted by atomic mass is 9.79. The van der Waals surface area contributed by atoms with E-state index < -0.39 is 62.2 Å². The standard InChI is InChI=1S/C24H20F3N3O5S/c1-22-12-29(36(33,34)16-6-4-3-5-7-16)13-23(2,35-22)19-18(22)20(31)30(21(19)32)15-9-8-14(11-28)17(10-15)24(25,26)27/h3-10,18-19H,12-13H2,1-2H3/t18-,19+,22-,23+. The summed E-state index contributed by atoms with van der Waals surface area (Å²) in [5, 5.41) is 9.06.